The minimum Gasteiger partial charge on any atom is -0.489 e. The van der Waals surface area contributed by atoms with E-state index in [0.29, 0.717) is 6.61 Å². The number of nitrogens with two attached hydrogens (primary N) is 1. The van der Waals surface area contributed by atoms with E-state index in [9.17, 15) is 0 Å². The smallest absolute Gasteiger partial charge is 0.137 e. The third-order valence-corrected chi connectivity index (χ3v) is 3.11. The van der Waals surface area contributed by atoms with Gasteiger partial charge in [-0.3, -0.25) is 4.98 Å². The van der Waals surface area contributed by atoms with Gasteiger partial charge in [0.25, 0.3) is 0 Å². The second-order valence-electron chi connectivity index (χ2n) is 5.23. The van der Waals surface area contributed by atoms with Crippen LogP contribution in [0.15, 0.2) is 18.3 Å². The Labute approximate surface area is 114 Å². The summed E-state index contributed by atoms with van der Waals surface area (Å²) < 4.78 is 11.4. The van der Waals surface area contributed by atoms with E-state index in [4.69, 9.17) is 15.2 Å². The molecule has 2 atom stereocenters. The summed E-state index contributed by atoms with van der Waals surface area (Å²) in [6.45, 7) is 5.22. The highest BCUT2D eigenvalue weighted by Crippen LogP contribution is 2.12. The number of rotatable bonds is 5. The molecule has 106 valence electrons. The van der Waals surface area contributed by atoms with Crippen molar-refractivity contribution in [2.75, 3.05) is 33.4 Å². The molecule has 2 N–H and O–H groups in total. The van der Waals surface area contributed by atoms with Crippen LogP contribution in [0.4, 0.5) is 0 Å². The Morgan fingerprint density at radius 1 is 1.58 bits per heavy atom. The Morgan fingerprint density at radius 3 is 3.05 bits per heavy atom. The molecule has 1 aromatic rings. The average molecular weight is 265 g/mol. The van der Waals surface area contributed by atoms with Gasteiger partial charge in [0.15, 0.2) is 0 Å². The van der Waals surface area contributed by atoms with Gasteiger partial charge in [-0.1, -0.05) is 0 Å². The molecule has 0 aromatic carbocycles. The van der Waals surface area contributed by atoms with Crippen molar-refractivity contribution >= 4 is 0 Å². The van der Waals surface area contributed by atoms with Crippen molar-refractivity contribution in [2.24, 2.45) is 5.73 Å². The molecule has 0 aliphatic carbocycles. The summed E-state index contributed by atoms with van der Waals surface area (Å²) in [4.78, 5) is 6.59. The second kappa shape index (κ2) is 6.84. The lowest BCUT2D eigenvalue weighted by atomic mass is 10.2. The number of morpholine rings is 1. The Kier molecular flexibility index (Phi) is 5.13. The molecule has 19 heavy (non-hydrogen) atoms. The normalized spacial score (nSPS) is 22.2. The van der Waals surface area contributed by atoms with Crippen LogP contribution in [-0.2, 0) is 11.2 Å². The fraction of sp³-hybridized carbons (Fsp3) is 0.643. The molecule has 5 nitrogen and oxygen atoms in total. The number of pyridine rings is 1. The van der Waals surface area contributed by atoms with Crippen molar-refractivity contribution in [3.63, 3.8) is 0 Å². The van der Waals surface area contributed by atoms with Crippen molar-refractivity contribution in [3.05, 3.63) is 24.0 Å². The molecular weight excluding hydrogens is 242 g/mol. The van der Waals surface area contributed by atoms with E-state index in [-0.39, 0.29) is 12.1 Å². The van der Waals surface area contributed by atoms with Crippen LogP contribution >= 0.6 is 0 Å². The Morgan fingerprint density at radius 2 is 2.42 bits per heavy atom. The predicted octanol–water partition coefficient (Wildman–Crippen LogP) is 0.681. The first-order chi connectivity index (χ1) is 9.13. The van der Waals surface area contributed by atoms with Gasteiger partial charge in [0, 0.05) is 31.2 Å². The summed E-state index contributed by atoms with van der Waals surface area (Å²) in [5, 5.41) is 0. The first-order valence-electron chi connectivity index (χ1n) is 6.77. The van der Waals surface area contributed by atoms with Crippen molar-refractivity contribution in [2.45, 2.75) is 25.5 Å². The molecular formula is C14H23N3O2. The molecule has 2 unspecified atom stereocenters. The first-order valence-corrected chi connectivity index (χ1v) is 6.77. The van der Waals surface area contributed by atoms with Crippen LogP contribution in [0.2, 0.25) is 0 Å². The number of hydrogen-bond donors (Lipinski definition) is 1. The van der Waals surface area contributed by atoms with Crippen molar-refractivity contribution in [1.29, 1.82) is 0 Å². The van der Waals surface area contributed by atoms with Crippen LogP contribution in [0.25, 0.3) is 0 Å². The molecule has 1 aliphatic heterocycles. The summed E-state index contributed by atoms with van der Waals surface area (Å²) in [6, 6.07) is 4.04. The minimum absolute atomic E-state index is 0.130. The zero-order valence-electron chi connectivity index (χ0n) is 11.7. The van der Waals surface area contributed by atoms with Crippen LogP contribution < -0.4 is 10.5 Å². The molecule has 1 saturated heterocycles. The number of nitrogens with zero attached hydrogens (tertiary/aromatic N) is 2. The number of ether oxygens (including phenoxy) is 2. The monoisotopic (exact) mass is 265 g/mol. The third kappa shape index (κ3) is 4.78. The predicted molar refractivity (Wildman–Crippen MR) is 74.3 cm³/mol. The van der Waals surface area contributed by atoms with Crippen LogP contribution in [-0.4, -0.2) is 55.4 Å². The van der Waals surface area contributed by atoms with E-state index >= 15 is 0 Å². The number of hydrogen-bond acceptors (Lipinski definition) is 5. The van der Waals surface area contributed by atoms with Gasteiger partial charge in [-0.25, -0.2) is 0 Å². The maximum Gasteiger partial charge on any atom is 0.137 e. The van der Waals surface area contributed by atoms with Crippen LogP contribution in [0.1, 0.15) is 12.6 Å². The molecule has 2 rings (SSSR count). The molecule has 0 saturated carbocycles. The number of likely N-dealkylation sites (N-methyl/N-ethyl adjacent to an activating group) is 1. The average Bonchev–Trinajstić information content (AvgIpc) is 2.37. The molecule has 5 heteroatoms. The highest BCUT2D eigenvalue weighted by atomic mass is 16.5. The van der Waals surface area contributed by atoms with E-state index in [1.54, 1.807) is 6.20 Å². The lowest BCUT2D eigenvalue weighted by Crippen LogP contribution is -2.42. The SMILES string of the molecule is CC(N)Cc1ccc(OCC2CN(C)CCO2)cn1. The summed E-state index contributed by atoms with van der Waals surface area (Å²) >= 11 is 0. The zero-order valence-corrected chi connectivity index (χ0v) is 11.7. The maximum absolute atomic E-state index is 5.74. The first kappa shape index (κ1) is 14.2. The van der Waals surface area contributed by atoms with Gasteiger partial charge in [-0.05, 0) is 26.1 Å². The molecule has 1 aromatic heterocycles. The van der Waals surface area contributed by atoms with Gasteiger partial charge in [-0.15, -0.1) is 0 Å². The Bertz CT molecular complexity index is 381. The maximum atomic E-state index is 5.74. The molecule has 0 spiro atoms. The van der Waals surface area contributed by atoms with Gasteiger partial charge in [-0.2, -0.15) is 0 Å². The van der Waals surface area contributed by atoms with E-state index in [1.165, 1.54) is 0 Å². The highest BCUT2D eigenvalue weighted by molar-refractivity contribution is 5.20. The summed E-state index contributed by atoms with van der Waals surface area (Å²) in [7, 11) is 2.10. The van der Waals surface area contributed by atoms with E-state index in [1.807, 2.05) is 19.1 Å². The van der Waals surface area contributed by atoms with Crippen LogP contribution in [0, 0.1) is 0 Å². The van der Waals surface area contributed by atoms with Gasteiger partial charge >= 0.3 is 0 Å². The van der Waals surface area contributed by atoms with Gasteiger partial charge in [0.2, 0.25) is 0 Å². The summed E-state index contributed by atoms with van der Waals surface area (Å²) in [6.07, 6.45) is 2.68. The van der Waals surface area contributed by atoms with E-state index in [0.717, 1.165) is 37.6 Å². The third-order valence-electron chi connectivity index (χ3n) is 3.11. The van der Waals surface area contributed by atoms with Gasteiger partial charge < -0.3 is 20.1 Å². The molecule has 0 bridgehead atoms. The Balaban J connectivity index is 1.79. The molecule has 0 radical (unpaired) electrons. The number of aromatic nitrogens is 1. The van der Waals surface area contributed by atoms with Crippen molar-refractivity contribution < 1.29 is 9.47 Å². The quantitative estimate of drug-likeness (QED) is 0.848. The van der Waals surface area contributed by atoms with Gasteiger partial charge in [0.1, 0.15) is 18.5 Å². The second-order valence-corrected chi connectivity index (χ2v) is 5.23. The highest BCUT2D eigenvalue weighted by Gasteiger charge is 2.18. The lowest BCUT2D eigenvalue weighted by molar-refractivity contribution is -0.0404. The van der Waals surface area contributed by atoms with Crippen molar-refractivity contribution in [3.8, 4) is 5.75 Å². The minimum atomic E-state index is 0.130. The van der Waals surface area contributed by atoms with E-state index in [2.05, 4.69) is 16.9 Å². The van der Waals surface area contributed by atoms with E-state index < -0.39 is 0 Å². The summed E-state index contributed by atoms with van der Waals surface area (Å²) in [5.74, 6) is 0.783. The molecule has 0 amide bonds. The van der Waals surface area contributed by atoms with Crippen LogP contribution in [0.3, 0.4) is 0 Å². The Hall–Kier alpha value is -1.17. The fourth-order valence-electron chi connectivity index (χ4n) is 2.10. The van der Waals surface area contributed by atoms with Crippen LogP contribution in [0.5, 0.6) is 5.75 Å². The topological polar surface area (TPSA) is 60.6 Å². The lowest BCUT2D eigenvalue weighted by Gasteiger charge is -2.29. The molecule has 1 aliphatic rings. The molecule has 2 heterocycles. The summed E-state index contributed by atoms with van der Waals surface area (Å²) in [5.41, 5.74) is 6.74. The molecule has 1 fully saturated rings. The standard InChI is InChI=1S/C14H23N3O2/c1-11(15)7-12-3-4-13(8-16-12)19-10-14-9-17(2)5-6-18-14/h3-4,8,11,14H,5-7,9-10,15H2,1-2H3. The largest absolute Gasteiger partial charge is 0.489 e. The van der Waals surface area contributed by atoms with Gasteiger partial charge in [0.05, 0.1) is 12.8 Å². The fourth-order valence-corrected chi connectivity index (χ4v) is 2.10. The zero-order chi connectivity index (χ0) is 13.7. The van der Waals surface area contributed by atoms with Crippen molar-refractivity contribution in [1.82, 2.24) is 9.88 Å².